The molecular weight excluding hydrogens is 770 g/mol. The zero-order valence-electron chi connectivity index (χ0n) is 33.7. The van der Waals surface area contributed by atoms with Crippen LogP contribution in [0.3, 0.4) is 0 Å². The minimum absolute atomic E-state index is 0.0598. The number of urea groups is 2. The van der Waals surface area contributed by atoms with Crippen molar-refractivity contribution in [2.24, 2.45) is 0 Å². The topological polar surface area (TPSA) is 179 Å². The lowest BCUT2D eigenvalue weighted by Gasteiger charge is -2.40. The molecule has 4 saturated heterocycles. The van der Waals surface area contributed by atoms with E-state index in [1.54, 1.807) is 52.9 Å². The van der Waals surface area contributed by atoms with Gasteiger partial charge in [-0.3, -0.25) is 19.7 Å². The zero-order valence-corrected chi connectivity index (χ0v) is 34.7. The number of nitrogens with zero attached hydrogens (tertiary/aromatic N) is 4. The highest BCUT2D eigenvalue weighted by Crippen LogP contribution is 2.35. The van der Waals surface area contributed by atoms with Crippen molar-refractivity contribution < 1.29 is 29.1 Å². The Kier molecular flexibility index (Phi) is 13.8. The van der Waals surface area contributed by atoms with Crippen molar-refractivity contribution in [1.29, 1.82) is 0 Å². The highest BCUT2D eigenvalue weighted by atomic mass is 31.1. The standard InChI is InChI=1S/C43H56N9O6P/c1-28(44-2)39(54)47-34-26-49(42(57)45-31-15-9-16-32(25-31)46-43(58)50-24-21-36(53)51-22-10-17-37(51)59-27-50)23-20-33-18-19-35(52(33)41(34)56)40(55)48-38(29-11-5-3-6-12-29)30-13-7-4-8-14-30/h3-9,11-16,25,28,33-35,37-39,44,47,54,59H,10,17-24,26-27H2,1-2H3,(H,45,57)(H,46,58)(H,48,55)/t28-,33?,34-,35-,37-,39?/m0/s1. The van der Waals surface area contributed by atoms with Crippen LogP contribution in [-0.4, -0.2) is 130 Å². The summed E-state index contributed by atoms with van der Waals surface area (Å²) in [5.41, 5.74) is 2.78. The second-order valence-electron chi connectivity index (χ2n) is 15.8. The van der Waals surface area contributed by atoms with E-state index in [0.717, 1.165) is 30.5 Å². The summed E-state index contributed by atoms with van der Waals surface area (Å²) < 4.78 is 0. The first kappa shape index (κ1) is 42.1. The molecule has 0 aromatic heterocycles. The highest BCUT2D eigenvalue weighted by Gasteiger charge is 2.46. The summed E-state index contributed by atoms with van der Waals surface area (Å²) >= 11 is 0. The monoisotopic (exact) mass is 825 g/mol. The van der Waals surface area contributed by atoms with Crippen LogP contribution in [0.25, 0.3) is 0 Å². The molecule has 6 N–H and O–H groups in total. The largest absolute Gasteiger partial charge is 0.377 e. The number of aliphatic hydroxyl groups is 1. The van der Waals surface area contributed by atoms with Crippen molar-refractivity contribution in [1.82, 2.24) is 35.6 Å². The molecule has 0 radical (unpaired) electrons. The van der Waals surface area contributed by atoms with E-state index in [1.165, 1.54) is 0 Å². The second kappa shape index (κ2) is 19.3. The Labute approximate surface area is 347 Å². The number of fused-ring (bicyclic) bond motifs is 2. The highest BCUT2D eigenvalue weighted by molar-refractivity contribution is 7.38. The molecular formula is C43H56N9O6P. The van der Waals surface area contributed by atoms with Crippen LogP contribution >= 0.6 is 8.58 Å². The van der Waals surface area contributed by atoms with Crippen LogP contribution in [0.2, 0.25) is 0 Å². The van der Waals surface area contributed by atoms with Crippen molar-refractivity contribution in [2.45, 2.75) is 87.7 Å². The Morgan fingerprint density at radius 2 is 1.46 bits per heavy atom. The van der Waals surface area contributed by atoms with Crippen molar-refractivity contribution in [3.8, 4) is 0 Å². The number of aliphatic hydroxyl groups excluding tert-OH is 1. The number of carbonyl (C=O) groups excluding carboxylic acids is 5. The first-order valence-electron chi connectivity index (χ1n) is 20.7. The summed E-state index contributed by atoms with van der Waals surface area (Å²) in [5.74, 6) is -0.321. The summed E-state index contributed by atoms with van der Waals surface area (Å²) in [5, 5.41) is 26.3. The molecule has 4 fully saturated rings. The summed E-state index contributed by atoms with van der Waals surface area (Å²) in [6, 6.07) is 22.7. The fraction of sp³-hybridized carbons (Fsp3) is 0.465. The number of hydrogen-bond acceptors (Lipinski definition) is 8. The van der Waals surface area contributed by atoms with Gasteiger partial charge in [-0.05, 0) is 75.4 Å². The van der Waals surface area contributed by atoms with Gasteiger partial charge in [0.1, 0.15) is 18.3 Å². The van der Waals surface area contributed by atoms with Crippen LogP contribution in [-0.2, 0) is 14.4 Å². The van der Waals surface area contributed by atoms with Crippen LogP contribution in [0.4, 0.5) is 21.0 Å². The molecule has 0 saturated carbocycles. The van der Waals surface area contributed by atoms with Gasteiger partial charge in [-0.25, -0.2) is 9.59 Å². The van der Waals surface area contributed by atoms with Gasteiger partial charge in [0.05, 0.1) is 11.8 Å². The third-order valence-corrected chi connectivity index (χ3v) is 13.6. The van der Waals surface area contributed by atoms with E-state index in [1.807, 2.05) is 65.6 Å². The van der Waals surface area contributed by atoms with Crippen LogP contribution in [0, 0.1) is 0 Å². The molecule has 314 valence electrons. The third kappa shape index (κ3) is 10.0. The quantitative estimate of drug-likeness (QED) is 0.132. The molecule has 4 aliphatic heterocycles. The molecule has 15 nitrogen and oxygen atoms in total. The molecule has 0 spiro atoms. The van der Waals surface area contributed by atoms with E-state index >= 15 is 0 Å². The predicted molar refractivity (Wildman–Crippen MR) is 228 cm³/mol. The fourth-order valence-corrected chi connectivity index (χ4v) is 10.2. The zero-order chi connectivity index (χ0) is 41.5. The van der Waals surface area contributed by atoms with Gasteiger partial charge >= 0.3 is 12.1 Å². The molecule has 7 atom stereocenters. The van der Waals surface area contributed by atoms with Gasteiger partial charge in [-0.1, -0.05) is 75.3 Å². The molecule has 7 rings (SSSR count). The van der Waals surface area contributed by atoms with Crippen molar-refractivity contribution in [3.05, 3.63) is 96.1 Å². The number of anilines is 2. The molecule has 16 heteroatoms. The maximum Gasteiger partial charge on any atom is 0.322 e. The first-order valence-corrected chi connectivity index (χ1v) is 22.0. The number of benzene rings is 3. The van der Waals surface area contributed by atoms with Crippen molar-refractivity contribution in [2.75, 3.05) is 50.1 Å². The smallest absolute Gasteiger partial charge is 0.322 e. The Bertz CT molecular complexity index is 1920. The van der Waals surface area contributed by atoms with E-state index in [-0.39, 0.29) is 42.1 Å². The molecule has 3 unspecified atom stereocenters. The normalized spacial score (nSPS) is 23.7. The lowest BCUT2D eigenvalue weighted by Crippen LogP contribution is -2.63. The summed E-state index contributed by atoms with van der Waals surface area (Å²) in [6.45, 7) is 3.15. The minimum Gasteiger partial charge on any atom is -0.377 e. The van der Waals surface area contributed by atoms with Gasteiger partial charge < -0.3 is 46.0 Å². The Morgan fingerprint density at radius 3 is 2.12 bits per heavy atom. The minimum atomic E-state index is -1.13. The maximum atomic E-state index is 14.6. The second-order valence-corrected chi connectivity index (χ2v) is 17.2. The molecule has 7 amide bonds. The molecule has 4 aliphatic rings. The maximum absolute atomic E-state index is 14.6. The van der Waals surface area contributed by atoms with E-state index in [4.69, 9.17) is 0 Å². The van der Waals surface area contributed by atoms with Crippen LogP contribution in [0.1, 0.15) is 62.6 Å². The van der Waals surface area contributed by atoms with Gasteiger partial charge in [0.25, 0.3) is 0 Å². The van der Waals surface area contributed by atoms with Crippen molar-refractivity contribution >= 4 is 49.7 Å². The van der Waals surface area contributed by atoms with Crippen LogP contribution < -0.4 is 26.6 Å². The van der Waals surface area contributed by atoms with Gasteiger partial charge in [-0.15, -0.1) is 0 Å². The molecule has 3 aromatic rings. The molecule has 0 aliphatic carbocycles. The fourth-order valence-electron chi connectivity index (χ4n) is 8.54. The predicted octanol–water partition coefficient (Wildman–Crippen LogP) is 3.90. The molecule has 59 heavy (non-hydrogen) atoms. The number of nitrogens with one attached hydrogen (secondary N) is 5. The average molecular weight is 826 g/mol. The van der Waals surface area contributed by atoms with E-state index < -0.39 is 36.4 Å². The van der Waals surface area contributed by atoms with E-state index in [2.05, 4.69) is 26.6 Å². The number of hydrogen-bond donors (Lipinski definition) is 6. The number of amides is 7. The van der Waals surface area contributed by atoms with Crippen LogP contribution in [0.5, 0.6) is 0 Å². The summed E-state index contributed by atoms with van der Waals surface area (Å²) in [6.07, 6.45) is 3.21. The Balaban J connectivity index is 1.04. The molecule has 4 heterocycles. The number of likely N-dealkylation sites (N-methyl/N-ethyl adjacent to an activating group) is 1. The van der Waals surface area contributed by atoms with Gasteiger partial charge in [0.2, 0.25) is 17.7 Å². The summed E-state index contributed by atoms with van der Waals surface area (Å²) in [7, 11) is 2.16. The molecule has 3 aromatic carbocycles. The van der Waals surface area contributed by atoms with Gasteiger partial charge in [0, 0.05) is 62.3 Å². The average Bonchev–Trinajstić information content (AvgIpc) is 3.89. The van der Waals surface area contributed by atoms with Crippen LogP contribution in [0.15, 0.2) is 84.9 Å². The Morgan fingerprint density at radius 1 is 0.797 bits per heavy atom. The number of rotatable bonds is 10. The lowest BCUT2D eigenvalue weighted by atomic mass is 9.98. The van der Waals surface area contributed by atoms with Crippen molar-refractivity contribution in [3.63, 3.8) is 0 Å². The Hall–Kier alpha value is -5.08. The number of carbonyl (C=O) groups is 5. The first-order chi connectivity index (χ1) is 28.6. The third-order valence-electron chi connectivity index (χ3n) is 12.0. The lowest BCUT2D eigenvalue weighted by molar-refractivity contribution is -0.144. The van der Waals surface area contributed by atoms with E-state index in [0.29, 0.717) is 65.0 Å². The molecule has 0 bridgehead atoms. The van der Waals surface area contributed by atoms with Gasteiger partial charge in [0.15, 0.2) is 0 Å². The summed E-state index contributed by atoms with van der Waals surface area (Å²) in [4.78, 5) is 75.8. The SMILES string of the molecule is CN[C@@H](C)C(O)N[C@H]1CN(C(=O)Nc2cccc(NC(=O)N3CCC(=O)N4CCC[C@@H]4PC3)c2)CCC2CC[C@@H](C(=O)NC(c3ccccc3)c3ccccc3)N2C1=O. The van der Waals surface area contributed by atoms with E-state index in [9.17, 15) is 29.1 Å². The van der Waals surface area contributed by atoms with Gasteiger partial charge in [-0.2, -0.15) is 0 Å².